The van der Waals surface area contributed by atoms with E-state index >= 15 is 0 Å². The summed E-state index contributed by atoms with van der Waals surface area (Å²) in [5.41, 5.74) is -5.76. The Labute approximate surface area is 217 Å². The number of carbonyl (C=O) groups is 2. The predicted octanol–water partition coefficient (Wildman–Crippen LogP) is 3.10. The molecule has 37 heavy (non-hydrogen) atoms. The molecule has 4 aliphatic carbocycles. The molecule has 8 atom stereocenters. The molecule has 200 valence electrons. The van der Waals surface area contributed by atoms with Crippen molar-refractivity contribution in [3.63, 3.8) is 0 Å². The molecule has 0 heterocycles. The summed E-state index contributed by atoms with van der Waals surface area (Å²) in [5.74, 6) is -1.65. The normalized spacial score (nSPS) is 44.9. The Bertz CT molecular complexity index is 1160. The number of aliphatic hydroxyl groups excluding tert-OH is 1. The van der Waals surface area contributed by atoms with Crippen molar-refractivity contribution in [2.75, 3.05) is 0 Å². The standard InChI is InChI=1S/C30H38O7/c1-19(31)28(34)15-16-30(36)27(28,3)24(37-25(33)10-9-20-7-5-4-6-8-20)18-23-26(2)13-12-22(32)17-21(26)11-14-29(23,30)35/h4-11,22-24,32,34-36H,12-18H2,1-3H3/b10-9+/t22-,23?,24+,26-,27+,28+,29-,30+/m0/s1. The highest BCUT2D eigenvalue weighted by molar-refractivity contribution is 5.88. The summed E-state index contributed by atoms with van der Waals surface area (Å²) in [5, 5.41) is 46.8. The van der Waals surface area contributed by atoms with E-state index in [1.807, 2.05) is 43.3 Å². The lowest BCUT2D eigenvalue weighted by Gasteiger charge is -2.67. The SMILES string of the molecule is CC(=O)[C@]1(O)CC[C@@]2(O)[C@]1(C)[C@H](OC(=O)/C=C/c1ccccc1)CC1[C@@]3(C)CC[C@H](O)CC3=CC[C@]12O. The molecule has 0 saturated heterocycles. The molecule has 0 spiro atoms. The van der Waals surface area contributed by atoms with Gasteiger partial charge in [-0.2, -0.15) is 0 Å². The average Bonchev–Trinajstić information content (AvgIpc) is 3.10. The second-order valence-electron chi connectivity index (χ2n) is 12.1. The number of fused-ring (bicyclic) bond motifs is 5. The summed E-state index contributed by atoms with van der Waals surface area (Å²) in [7, 11) is 0. The zero-order chi connectivity index (χ0) is 26.9. The maximum absolute atomic E-state index is 13.1. The van der Waals surface area contributed by atoms with E-state index in [4.69, 9.17) is 4.74 Å². The highest BCUT2D eigenvalue weighted by Gasteiger charge is 2.81. The number of rotatable bonds is 4. The Hall–Kier alpha value is -2.32. The fourth-order valence-electron chi connectivity index (χ4n) is 8.28. The van der Waals surface area contributed by atoms with Crippen molar-refractivity contribution in [3.05, 3.63) is 53.6 Å². The fraction of sp³-hybridized carbons (Fsp3) is 0.600. The summed E-state index contributed by atoms with van der Waals surface area (Å²) in [6.07, 6.45) is 5.37. The van der Waals surface area contributed by atoms with Crippen LogP contribution in [0.2, 0.25) is 0 Å². The van der Waals surface area contributed by atoms with E-state index in [0.717, 1.165) is 11.1 Å². The number of ketones is 1. The zero-order valence-corrected chi connectivity index (χ0v) is 21.8. The number of carbonyl (C=O) groups excluding carboxylic acids is 2. The number of Topliss-reactive ketones (excluding diaryl/α,β-unsaturated/α-hetero) is 1. The van der Waals surface area contributed by atoms with Crippen LogP contribution in [0.1, 0.15) is 71.3 Å². The molecule has 0 aromatic heterocycles. The Morgan fingerprint density at radius 1 is 1.05 bits per heavy atom. The molecule has 3 fully saturated rings. The molecule has 0 radical (unpaired) electrons. The number of hydrogen-bond donors (Lipinski definition) is 4. The molecular formula is C30H38O7. The lowest BCUT2D eigenvalue weighted by molar-refractivity contribution is -0.314. The third-order valence-corrected chi connectivity index (χ3v) is 10.6. The van der Waals surface area contributed by atoms with Gasteiger partial charge in [-0.3, -0.25) is 4.79 Å². The minimum atomic E-state index is -1.97. The average molecular weight is 511 g/mol. The van der Waals surface area contributed by atoms with Crippen LogP contribution >= 0.6 is 0 Å². The fourth-order valence-corrected chi connectivity index (χ4v) is 8.28. The number of esters is 1. The summed E-state index contributed by atoms with van der Waals surface area (Å²) < 4.78 is 6.00. The molecule has 3 saturated carbocycles. The van der Waals surface area contributed by atoms with Crippen LogP contribution in [0.4, 0.5) is 0 Å². The molecule has 7 nitrogen and oxygen atoms in total. The van der Waals surface area contributed by atoms with E-state index in [1.165, 1.54) is 13.0 Å². The van der Waals surface area contributed by atoms with E-state index in [1.54, 1.807) is 13.0 Å². The van der Waals surface area contributed by atoms with Crippen molar-refractivity contribution in [2.45, 2.75) is 94.7 Å². The monoisotopic (exact) mass is 510 g/mol. The van der Waals surface area contributed by atoms with Crippen molar-refractivity contribution in [3.8, 4) is 0 Å². The van der Waals surface area contributed by atoms with E-state index in [9.17, 15) is 30.0 Å². The smallest absolute Gasteiger partial charge is 0.331 e. The van der Waals surface area contributed by atoms with Gasteiger partial charge in [0.15, 0.2) is 5.78 Å². The molecular weight excluding hydrogens is 472 g/mol. The first-order chi connectivity index (χ1) is 17.3. The van der Waals surface area contributed by atoms with Crippen molar-refractivity contribution in [2.24, 2.45) is 16.7 Å². The lowest BCUT2D eigenvalue weighted by Crippen LogP contribution is -2.78. The van der Waals surface area contributed by atoms with Crippen LogP contribution in [0.5, 0.6) is 0 Å². The number of ether oxygens (including phenoxy) is 1. The van der Waals surface area contributed by atoms with Gasteiger partial charge in [0, 0.05) is 12.0 Å². The van der Waals surface area contributed by atoms with Crippen LogP contribution < -0.4 is 0 Å². The summed E-state index contributed by atoms with van der Waals surface area (Å²) >= 11 is 0. The van der Waals surface area contributed by atoms with Gasteiger partial charge in [-0.05, 0) is 75.8 Å². The lowest BCUT2D eigenvalue weighted by atomic mass is 9.42. The van der Waals surface area contributed by atoms with Crippen LogP contribution in [0.15, 0.2) is 48.1 Å². The Balaban J connectivity index is 1.58. The molecule has 4 N–H and O–H groups in total. The van der Waals surface area contributed by atoms with Crippen LogP contribution in [-0.4, -0.2) is 61.2 Å². The number of hydrogen-bond acceptors (Lipinski definition) is 7. The zero-order valence-electron chi connectivity index (χ0n) is 21.8. The Kier molecular flexibility index (Phi) is 6.11. The topological polar surface area (TPSA) is 124 Å². The van der Waals surface area contributed by atoms with E-state index < -0.39 is 57.5 Å². The summed E-state index contributed by atoms with van der Waals surface area (Å²) in [6, 6.07) is 9.29. The van der Waals surface area contributed by atoms with Gasteiger partial charge in [-0.1, -0.05) is 48.9 Å². The van der Waals surface area contributed by atoms with Crippen molar-refractivity contribution >= 4 is 17.8 Å². The Morgan fingerprint density at radius 2 is 1.76 bits per heavy atom. The van der Waals surface area contributed by atoms with Gasteiger partial charge in [-0.15, -0.1) is 0 Å². The highest BCUT2D eigenvalue weighted by atomic mass is 16.5. The first-order valence-corrected chi connectivity index (χ1v) is 13.3. The van der Waals surface area contributed by atoms with Crippen LogP contribution in [0.3, 0.4) is 0 Å². The minimum Gasteiger partial charge on any atom is -0.458 e. The molecule has 0 bridgehead atoms. The number of aliphatic hydroxyl groups is 4. The number of benzene rings is 1. The molecule has 1 aromatic rings. The van der Waals surface area contributed by atoms with Crippen molar-refractivity contribution in [1.29, 1.82) is 0 Å². The van der Waals surface area contributed by atoms with Gasteiger partial charge in [0.2, 0.25) is 0 Å². The first-order valence-electron chi connectivity index (χ1n) is 13.3. The third kappa shape index (κ3) is 3.47. The van der Waals surface area contributed by atoms with Gasteiger partial charge < -0.3 is 25.2 Å². The van der Waals surface area contributed by atoms with E-state index in [-0.39, 0.29) is 25.7 Å². The van der Waals surface area contributed by atoms with Gasteiger partial charge in [0.05, 0.1) is 11.5 Å². The maximum atomic E-state index is 13.1. The molecule has 5 rings (SSSR count). The van der Waals surface area contributed by atoms with Crippen LogP contribution in [0, 0.1) is 16.7 Å². The molecule has 1 aromatic carbocycles. The molecule has 7 heteroatoms. The first kappa shape index (κ1) is 26.3. The largest absolute Gasteiger partial charge is 0.458 e. The Morgan fingerprint density at radius 3 is 2.43 bits per heavy atom. The van der Waals surface area contributed by atoms with E-state index in [2.05, 4.69) is 0 Å². The second kappa shape index (κ2) is 8.60. The second-order valence-corrected chi connectivity index (χ2v) is 12.1. The van der Waals surface area contributed by atoms with Gasteiger partial charge in [-0.25, -0.2) is 4.79 Å². The van der Waals surface area contributed by atoms with Gasteiger partial charge in [0.1, 0.15) is 22.9 Å². The predicted molar refractivity (Wildman–Crippen MR) is 137 cm³/mol. The molecule has 0 aliphatic heterocycles. The summed E-state index contributed by atoms with van der Waals surface area (Å²) in [4.78, 5) is 25.9. The van der Waals surface area contributed by atoms with Crippen molar-refractivity contribution in [1.82, 2.24) is 0 Å². The van der Waals surface area contributed by atoms with Crippen LogP contribution in [0.25, 0.3) is 6.08 Å². The summed E-state index contributed by atoms with van der Waals surface area (Å²) in [6.45, 7) is 4.91. The molecule has 4 aliphatic rings. The maximum Gasteiger partial charge on any atom is 0.331 e. The van der Waals surface area contributed by atoms with Crippen molar-refractivity contribution < 1.29 is 34.8 Å². The highest BCUT2D eigenvalue weighted by Crippen LogP contribution is 2.70. The van der Waals surface area contributed by atoms with Gasteiger partial charge in [0.25, 0.3) is 0 Å². The molecule has 0 amide bonds. The van der Waals surface area contributed by atoms with E-state index in [0.29, 0.717) is 19.3 Å². The minimum absolute atomic E-state index is 0.00234. The quantitative estimate of drug-likeness (QED) is 0.279. The molecule has 1 unspecified atom stereocenters. The van der Waals surface area contributed by atoms with Crippen LogP contribution in [-0.2, 0) is 14.3 Å². The third-order valence-electron chi connectivity index (χ3n) is 10.6. The van der Waals surface area contributed by atoms with Gasteiger partial charge >= 0.3 is 5.97 Å².